The van der Waals surface area contributed by atoms with E-state index in [0.717, 1.165) is 5.56 Å². The molecule has 1 heterocycles. The lowest BCUT2D eigenvalue weighted by molar-refractivity contribution is -0.384. The number of amides is 1. The third-order valence-corrected chi connectivity index (χ3v) is 4.91. The minimum absolute atomic E-state index is 0.0827. The number of nitrogens with zero attached hydrogens (tertiary/aromatic N) is 3. The van der Waals surface area contributed by atoms with Gasteiger partial charge >= 0.3 is 0 Å². The first-order chi connectivity index (χ1) is 13.6. The molecular weight excluding hydrogens is 380 g/mol. The molecule has 28 heavy (non-hydrogen) atoms. The topological polar surface area (TPSA) is 110 Å². The van der Waals surface area contributed by atoms with E-state index in [0.29, 0.717) is 23.1 Å². The summed E-state index contributed by atoms with van der Waals surface area (Å²) in [5, 5.41) is 23.6. The average molecular weight is 398 g/mol. The Kier molecular flexibility index (Phi) is 6.41. The molecule has 8 nitrogen and oxygen atoms in total. The van der Waals surface area contributed by atoms with Crippen molar-refractivity contribution in [1.29, 1.82) is 0 Å². The Morgan fingerprint density at radius 2 is 2.00 bits per heavy atom. The molecule has 0 spiro atoms. The van der Waals surface area contributed by atoms with Gasteiger partial charge in [-0.3, -0.25) is 14.9 Å². The molecule has 0 radical (unpaired) electrons. The lowest BCUT2D eigenvalue weighted by atomic mass is 10.2. The molecule has 0 bridgehead atoms. The number of aliphatic hydroxyl groups is 1. The molecule has 144 valence electrons. The monoisotopic (exact) mass is 398 g/mol. The van der Waals surface area contributed by atoms with Gasteiger partial charge in [0, 0.05) is 24.4 Å². The van der Waals surface area contributed by atoms with Crippen LogP contribution in [0.25, 0.3) is 0 Å². The normalized spacial score (nSPS) is 10.6. The summed E-state index contributed by atoms with van der Waals surface area (Å²) in [7, 11) is 0. The minimum Gasteiger partial charge on any atom is -0.390 e. The van der Waals surface area contributed by atoms with Gasteiger partial charge in [0.1, 0.15) is 0 Å². The Hall–Kier alpha value is -3.17. The van der Waals surface area contributed by atoms with Crippen LogP contribution >= 0.6 is 11.8 Å². The molecule has 0 aliphatic heterocycles. The van der Waals surface area contributed by atoms with Crippen molar-refractivity contribution in [3.63, 3.8) is 0 Å². The second-order valence-corrected chi connectivity index (χ2v) is 6.85. The van der Waals surface area contributed by atoms with E-state index in [1.807, 2.05) is 34.9 Å². The molecule has 0 saturated heterocycles. The molecule has 1 amide bonds. The minimum atomic E-state index is -0.513. The summed E-state index contributed by atoms with van der Waals surface area (Å²) in [6.45, 7) is 0.381. The van der Waals surface area contributed by atoms with Gasteiger partial charge in [-0.15, -0.1) is 0 Å². The van der Waals surface area contributed by atoms with Gasteiger partial charge < -0.3 is 15.0 Å². The number of non-ortho nitro benzene ring substituents is 1. The first-order valence-electron chi connectivity index (χ1n) is 8.43. The van der Waals surface area contributed by atoms with Gasteiger partial charge in [0.25, 0.3) is 5.69 Å². The number of hydrogen-bond donors (Lipinski definition) is 2. The summed E-state index contributed by atoms with van der Waals surface area (Å²) < 4.78 is 1.86. The quantitative estimate of drug-likeness (QED) is 0.343. The van der Waals surface area contributed by atoms with Gasteiger partial charge in [-0.05, 0) is 11.6 Å². The fraction of sp³-hybridized carbons (Fsp3) is 0.158. The molecular formula is C19H18N4O4S. The van der Waals surface area contributed by atoms with Crippen LogP contribution in [0.5, 0.6) is 0 Å². The summed E-state index contributed by atoms with van der Waals surface area (Å²) in [6, 6.07) is 15.5. The summed E-state index contributed by atoms with van der Waals surface area (Å²) in [5.74, 6) is -0.218. The highest BCUT2D eigenvalue weighted by Gasteiger charge is 2.13. The van der Waals surface area contributed by atoms with E-state index >= 15 is 0 Å². The van der Waals surface area contributed by atoms with E-state index in [2.05, 4.69) is 10.3 Å². The van der Waals surface area contributed by atoms with Gasteiger partial charge in [0.05, 0.1) is 29.2 Å². The summed E-state index contributed by atoms with van der Waals surface area (Å²) in [5.41, 5.74) is 1.99. The van der Waals surface area contributed by atoms with E-state index in [1.54, 1.807) is 12.3 Å². The Bertz CT molecular complexity index is 975. The second kappa shape index (κ2) is 9.16. The average Bonchev–Trinajstić information content (AvgIpc) is 3.09. The van der Waals surface area contributed by atoms with Crippen molar-refractivity contribution in [2.75, 3.05) is 11.1 Å². The lowest BCUT2D eigenvalue weighted by Gasteiger charge is -2.11. The number of nitrogens with one attached hydrogen (secondary N) is 1. The zero-order valence-electron chi connectivity index (χ0n) is 14.8. The maximum atomic E-state index is 12.2. The van der Waals surface area contributed by atoms with Crippen LogP contribution < -0.4 is 5.32 Å². The molecule has 3 aromatic rings. The number of aromatic nitrogens is 2. The molecule has 0 saturated carbocycles. The highest BCUT2D eigenvalue weighted by atomic mass is 32.2. The predicted molar refractivity (Wildman–Crippen MR) is 106 cm³/mol. The fourth-order valence-electron chi connectivity index (χ4n) is 2.59. The second-order valence-electron chi connectivity index (χ2n) is 5.91. The van der Waals surface area contributed by atoms with Gasteiger partial charge in [-0.2, -0.15) is 0 Å². The Morgan fingerprint density at radius 3 is 2.71 bits per heavy atom. The van der Waals surface area contributed by atoms with Crippen LogP contribution in [-0.4, -0.2) is 31.2 Å². The van der Waals surface area contributed by atoms with Gasteiger partial charge in [0.15, 0.2) is 5.16 Å². The van der Waals surface area contributed by atoms with Crippen LogP contribution in [0.4, 0.5) is 11.4 Å². The largest absolute Gasteiger partial charge is 0.390 e. The number of aliphatic hydroxyl groups excluding tert-OH is 1. The number of thioether (sulfide) groups is 1. The highest BCUT2D eigenvalue weighted by Crippen LogP contribution is 2.22. The Balaban J connectivity index is 1.65. The van der Waals surface area contributed by atoms with Gasteiger partial charge in [0.2, 0.25) is 5.91 Å². The summed E-state index contributed by atoms with van der Waals surface area (Å²) >= 11 is 1.24. The maximum Gasteiger partial charge on any atom is 0.271 e. The van der Waals surface area contributed by atoms with Crippen LogP contribution in [-0.2, 0) is 17.9 Å². The molecule has 0 aliphatic rings. The third-order valence-electron chi connectivity index (χ3n) is 3.92. The number of imidazole rings is 1. The van der Waals surface area contributed by atoms with Crippen molar-refractivity contribution < 1.29 is 14.8 Å². The molecule has 0 unspecified atom stereocenters. The molecule has 9 heteroatoms. The van der Waals surface area contributed by atoms with Gasteiger partial charge in [-0.25, -0.2) is 4.98 Å². The number of carbonyl (C=O) groups is 1. The van der Waals surface area contributed by atoms with Crippen molar-refractivity contribution in [2.24, 2.45) is 0 Å². The molecule has 0 atom stereocenters. The summed E-state index contributed by atoms with van der Waals surface area (Å²) in [4.78, 5) is 26.8. The number of nitro groups is 1. The Morgan fingerprint density at radius 1 is 1.21 bits per heavy atom. The zero-order chi connectivity index (χ0) is 19.9. The molecule has 0 fully saturated rings. The van der Waals surface area contributed by atoms with Crippen molar-refractivity contribution in [2.45, 2.75) is 18.3 Å². The van der Waals surface area contributed by atoms with E-state index in [-0.39, 0.29) is 24.0 Å². The predicted octanol–water partition coefficient (Wildman–Crippen LogP) is 3.06. The smallest absolute Gasteiger partial charge is 0.271 e. The lowest BCUT2D eigenvalue weighted by Crippen LogP contribution is -2.15. The SMILES string of the molecule is O=C(CSc1ncc(CO)n1Cc1ccccc1)Nc1cccc([N+](=O)[O-])c1. The third kappa shape index (κ3) is 4.96. The number of rotatable bonds is 8. The first-order valence-corrected chi connectivity index (χ1v) is 9.41. The maximum absolute atomic E-state index is 12.2. The van der Waals surface area contributed by atoms with Crippen molar-refractivity contribution in [3.05, 3.63) is 82.2 Å². The van der Waals surface area contributed by atoms with Crippen molar-refractivity contribution in [3.8, 4) is 0 Å². The van der Waals surface area contributed by atoms with Gasteiger partial charge in [-0.1, -0.05) is 48.2 Å². The molecule has 1 aromatic heterocycles. The van der Waals surface area contributed by atoms with Crippen LogP contribution in [0.3, 0.4) is 0 Å². The van der Waals surface area contributed by atoms with Crippen molar-refractivity contribution >= 4 is 29.0 Å². The van der Waals surface area contributed by atoms with Crippen LogP contribution in [0.1, 0.15) is 11.3 Å². The van der Waals surface area contributed by atoms with Crippen LogP contribution in [0.2, 0.25) is 0 Å². The van der Waals surface area contributed by atoms with Crippen LogP contribution in [0, 0.1) is 10.1 Å². The number of carbonyl (C=O) groups excluding carboxylic acids is 1. The standard InChI is InChI=1S/C19H18N4O4S/c24-12-17-10-20-19(22(17)11-14-5-2-1-3-6-14)28-13-18(25)21-15-7-4-8-16(9-15)23(26)27/h1-10,24H,11-13H2,(H,21,25). The Labute approximate surface area is 165 Å². The van der Waals surface area contributed by atoms with E-state index in [9.17, 15) is 20.0 Å². The summed E-state index contributed by atoms with van der Waals surface area (Å²) in [6.07, 6.45) is 1.59. The van der Waals surface area contributed by atoms with E-state index < -0.39 is 4.92 Å². The number of benzene rings is 2. The van der Waals surface area contributed by atoms with Crippen molar-refractivity contribution in [1.82, 2.24) is 9.55 Å². The molecule has 0 aliphatic carbocycles. The van der Waals surface area contributed by atoms with E-state index in [4.69, 9.17) is 0 Å². The number of anilines is 1. The molecule has 3 rings (SSSR count). The number of hydrogen-bond acceptors (Lipinski definition) is 6. The highest BCUT2D eigenvalue weighted by molar-refractivity contribution is 7.99. The first kappa shape index (κ1) is 19.6. The fourth-order valence-corrected chi connectivity index (χ4v) is 3.39. The van der Waals surface area contributed by atoms with Crippen LogP contribution in [0.15, 0.2) is 66.0 Å². The zero-order valence-corrected chi connectivity index (χ0v) is 15.6. The number of nitro benzene ring substituents is 1. The molecule has 2 N–H and O–H groups in total. The molecule has 2 aromatic carbocycles. The van der Waals surface area contributed by atoms with E-state index in [1.165, 1.54) is 30.0 Å².